The summed E-state index contributed by atoms with van der Waals surface area (Å²) in [5.41, 5.74) is -0.585. The van der Waals surface area contributed by atoms with E-state index in [4.69, 9.17) is 0 Å². The summed E-state index contributed by atoms with van der Waals surface area (Å²) in [4.78, 5) is 0. The van der Waals surface area contributed by atoms with E-state index in [0.29, 0.717) is 6.42 Å². The van der Waals surface area contributed by atoms with E-state index < -0.39 is 11.7 Å². The van der Waals surface area contributed by atoms with Crippen LogP contribution in [-0.4, -0.2) is 6.18 Å². The summed E-state index contributed by atoms with van der Waals surface area (Å²) in [5.74, 6) is 0. The van der Waals surface area contributed by atoms with Gasteiger partial charge in [0.2, 0.25) is 0 Å². The van der Waals surface area contributed by atoms with Crippen LogP contribution in [0.5, 0.6) is 0 Å². The number of hydrogen-bond acceptors (Lipinski definition) is 0. The molecule has 0 aliphatic carbocycles. The van der Waals surface area contributed by atoms with Crippen molar-refractivity contribution < 1.29 is 13.2 Å². The lowest BCUT2D eigenvalue weighted by molar-refractivity contribution is -0.0937. The maximum absolute atomic E-state index is 12.1. The molecule has 0 aromatic carbocycles. The average Bonchev–Trinajstić information content (AvgIpc) is 2.20. The summed E-state index contributed by atoms with van der Waals surface area (Å²) < 4.78 is 36.2. The first-order valence-corrected chi connectivity index (χ1v) is 6.23. The molecule has 0 fully saturated rings. The molecule has 0 aliphatic heterocycles. The van der Waals surface area contributed by atoms with Gasteiger partial charge in [-0.3, -0.25) is 0 Å². The predicted molar refractivity (Wildman–Crippen MR) is 62.4 cm³/mol. The van der Waals surface area contributed by atoms with Crippen LogP contribution in [0.4, 0.5) is 13.2 Å². The summed E-state index contributed by atoms with van der Waals surface area (Å²) in [6.07, 6.45) is 4.58. The predicted octanol–water partition coefficient (Wildman–Crippen LogP) is 5.64. The highest BCUT2D eigenvalue weighted by molar-refractivity contribution is 5.01. The molecule has 0 aromatic rings. The van der Waals surface area contributed by atoms with Crippen LogP contribution in [0, 0.1) is 0 Å². The topological polar surface area (TPSA) is 0 Å². The third-order valence-electron chi connectivity index (χ3n) is 2.73. The average molecular weight is 236 g/mol. The van der Waals surface area contributed by atoms with Crippen LogP contribution in [0.25, 0.3) is 0 Å². The quantitative estimate of drug-likeness (QED) is 0.359. The van der Waals surface area contributed by atoms with E-state index in [0.717, 1.165) is 19.3 Å². The van der Waals surface area contributed by atoms with Crippen molar-refractivity contribution in [2.75, 3.05) is 0 Å². The highest BCUT2D eigenvalue weighted by Gasteiger charge is 2.30. The SMILES string of the molecule is C=C(CCCCCCCCCC)C(F)(F)F. The minimum absolute atomic E-state index is 0.0957. The molecule has 0 unspecified atom stereocenters. The standard InChI is InChI=1S/C13H23F3/c1-3-4-5-6-7-8-9-10-11-12(2)13(14,15)16/h2-11H2,1H3. The van der Waals surface area contributed by atoms with Gasteiger partial charge in [0.1, 0.15) is 0 Å². The maximum Gasteiger partial charge on any atom is 0.412 e. The molecular weight excluding hydrogens is 213 g/mol. The van der Waals surface area contributed by atoms with Crippen molar-refractivity contribution in [3.8, 4) is 0 Å². The first-order valence-electron chi connectivity index (χ1n) is 6.23. The Morgan fingerprint density at radius 3 is 1.75 bits per heavy atom. The van der Waals surface area contributed by atoms with Gasteiger partial charge < -0.3 is 0 Å². The van der Waals surface area contributed by atoms with Gasteiger partial charge in [0.05, 0.1) is 0 Å². The van der Waals surface area contributed by atoms with Gasteiger partial charge in [0, 0.05) is 5.57 Å². The van der Waals surface area contributed by atoms with Crippen molar-refractivity contribution in [2.24, 2.45) is 0 Å². The summed E-state index contributed by atoms with van der Waals surface area (Å²) in [7, 11) is 0. The molecule has 0 saturated heterocycles. The van der Waals surface area contributed by atoms with E-state index in [1.54, 1.807) is 0 Å². The van der Waals surface area contributed by atoms with E-state index in [9.17, 15) is 13.2 Å². The van der Waals surface area contributed by atoms with Crippen LogP contribution >= 0.6 is 0 Å². The Balaban J connectivity index is 3.25. The van der Waals surface area contributed by atoms with Gasteiger partial charge in [-0.1, -0.05) is 58.4 Å². The fraction of sp³-hybridized carbons (Fsp3) is 0.846. The molecule has 0 radical (unpaired) electrons. The van der Waals surface area contributed by atoms with Gasteiger partial charge in [-0.05, 0) is 12.8 Å². The van der Waals surface area contributed by atoms with Gasteiger partial charge >= 0.3 is 6.18 Å². The Bertz CT molecular complexity index is 182. The zero-order chi connectivity index (χ0) is 12.4. The Morgan fingerprint density at radius 1 is 0.875 bits per heavy atom. The molecule has 0 aliphatic rings. The van der Waals surface area contributed by atoms with Gasteiger partial charge in [-0.25, -0.2) is 0 Å². The molecule has 16 heavy (non-hydrogen) atoms. The van der Waals surface area contributed by atoms with Crippen molar-refractivity contribution in [3.05, 3.63) is 12.2 Å². The van der Waals surface area contributed by atoms with E-state index >= 15 is 0 Å². The van der Waals surface area contributed by atoms with Crippen molar-refractivity contribution in [3.63, 3.8) is 0 Å². The molecule has 0 heterocycles. The van der Waals surface area contributed by atoms with Crippen LogP contribution in [0.1, 0.15) is 64.7 Å². The van der Waals surface area contributed by atoms with E-state index in [1.165, 1.54) is 25.7 Å². The Morgan fingerprint density at radius 2 is 1.31 bits per heavy atom. The van der Waals surface area contributed by atoms with Crippen molar-refractivity contribution in [2.45, 2.75) is 70.9 Å². The normalized spacial score (nSPS) is 11.8. The maximum atomic E-state index is 12.1. The Labute approximate surface area is 96.9 Å². The van der Waals surface area contributed by atoms with Crippen molar-refractivity contribution in [1.82, 2.24) is 0 Å². The fourth-order valence-electron chi connectivity index (χ4n) is 1.61. The molecule has 0 N–H and O–H groups in total. The molecule has 0 atom stereocenters. The van der Waals surface area contributed by atoms with E-state index in [-0.39, 0.29) is 6.42 Å². The number of rotatable bonds is 9. The summed E-state index contributed by atoms with van der Waals surface area (Å²) in [5, 5.41) is 0. The highest BCUT2D eigenvalue weighted by atomic mass is 19.4. The molecule has 0 saturated carbocycles. The number of halogens is 3. The minimum Gasteiger partial charge on any atom is -0.167 e. The largest absolute Gasteiger partial charge is 0.412 e. The van der Waals surface area contributed by atoms with Gasteiger partial charge in [0.25, 0.3) is 0 Å². The molecule has 96 valence electrons. The highest BCUT2D eigenvalue weighted by Crippen LogP contribution is 2.28. The number of unbranched alkanes of at least 4 members (excludes halogenated alkanes) is 7. The van der Waals surface area contributed by atoms with Gasteiger partial charge in [-0.15, -0.1) is 0 Å². The molecular formula is C13H23F3. The molecule has 0 nitrogen and oxygen atoms in total. The zero-order valence-corrected chi connectivity index (χ0v) is 10.2. The monoisotopic (exact) mass is 236 g/mol. The van der Waals surface area contributed by atoms with Crippen molar-refractivity contribution >= 4 is 0 Å². The smallest absolute Gasteiger partial charge is 0.167 e. The second kappa shape index (κ2) is 8.66. The second-order valence-corrected chi connectivity index (χ2v) is 4.33. The molecule has 0 rings (SSSR count). The summed E-state index contributed by atoms with van der Waals surface area (Å²) in [6, 6.07) is 0. The first kappa shape index (κ1) is 15.5. The third kappa shape index (κ3) is 8.81. The lowest BCUT2D eigenvalue weighted by Crippen LogP contribution is -2.10. The van der Waals surface area contributed by atoms with Crippen LogP contribution < -0.4 is 0 Å². The third-order valence-corrected chi connectivity index (χ3v) is 2.73. The lowest BCUT2D eigenvalue weighted by atomic mass is 10.0. The molecule has 3 heteroatoms. The first-order chi connectivity index (χ1) is 7.48. The lowest BCUT2D eigenvalue weighted by Gasteiger charge is -2.09. The minimum atomic E-state index is -4.19. The van der Waals surface area contributed by atoms with Crippen LogP contribution in [0.15, 0.2) is 12.2 Å². The number of alkyl halides is 3. The van der Waals surface area contributed by atoms with Crippen LogP contribution in [0.2, 0.25) is 0 Å². The van der Waals surface area contributed by atoms with E-state index in [1.807, 2.05) is 0 Å². The molecule has 0 amide bonds. The molecule has 0 spiro atoms. The number of allylic oxidation sites excluding steroid dienone is 1. The van der Waals surface area contributed by atoms with Crippen LogP contribution in [-0.2, 0) is 0 Å². The molecule has 0 bridgehead atoms. The summed E-state index contributed by atoms with van der Waals surface area (Å²) in [6.45, 7) is 5.23. The van der Waals surface area contributed by atoms with Gasteiger partial charge in [-0.2, -0.15) is 13.2 Å². The Hall–Kier alpha value is -0.470. The van der Waals surface area contributed by atoms with Gasteiger partial charge in [0.15, 0.2) is 0 Å². The second-order valence-electron chi connectivity index (χ2n) is 4.33. The van der Waals surface area contributed by atoms with Crippen molar-refractivity contribution in [1.29, 1.82) is 0 Å². The zero-order valence-electron chi connectivity index (χ0n) is 10.2. The molecule has 0 aromatic heterocycles. The van der Waals surface area contributed by atoms with Crippen LogP contribution in [0.3, 0.4) is 0 Å². The number of hydrogen-bond donors (Lipinski definition) is 0. The fourth-order valence-corrected chi connectivity index (χ4v) is 1.61. The summed E-state index contributed by atoms with van der Waals surface area (Å²) >= 11 is 0. The Kier molecular flexibility index (Phi) is 8.40. The van der Waals surface area contributed by atoms with E-state index in [2.05, 4.69) is 13.5 Å².